The summed E-state index contributed by atoms with van der Waals surface area (Å²) in [5.41, 5.74) is 1.82. The molecule has 7 heteroatoms. The largest absolute Gasteiger partial charge is 0.497 e. The molecule has 136 valence electrons. The lowest BCUT2D eigenvalue weighted by atomic mass is 10.1. The smallest absolute Gasteiger partial charge is 0.239 e. The molecule has 1 aromatic carbocycles. The van der Waals surface area contributed by atoms with Crippen LogP contribution in [-0.2, 0) is 4.79 Å². The molecular weight excluding hydrogens is 348 g/mol. The van der Waals surface area contributed by atoms with Crippen LogP contribution < -0.4 is 15.4 Å². The fraction of sp³-hybridized carbons (Fsp3) is 0.316. The number of anilines is 1. The first-order chi connectivity index (χ1) is 12.4. The van der Waals surface area contributed by atoms with Crippen LogP contribution in [-0.4, -0.2) is 35.1 Å². The van der Waals surface area contributed by atoms with Crippen molar-refractivity contribution in [2.24, 2.45) is 0 Å². The third-order valence-corrected chi connectivity index (χ3v) is 4.59. The quantitative estimate of drug-likeness (QED) is 0.716. The van der Waals surface area contributed by atoms with E-state index in [4.69, 9.17) is 4.74 Å². The van der Waals surface area contributed by atoms with Crippen LogP contribution in [0.15, 0.2) is 36.0 Å². The summed E-state index contributed by atoms with van der Waals surface area (Å²) in [7, 11) is 1.65. The van der Waals surface area contributed by atoms with Crippen LogP contribution in [0.25, 0.3) is 21.3 Å². The summed E-state index contributed by atoms with van der Waals surface area (Å²) in [6, 6.07) is 7.85. The van der Waals surface area contributed by atoms with Crippen molar-refractivity contribution < 1.29 is 9.53 Å². The van der Waals surface area contributed by atoms with E-state index >= 15 is 0 Å². The number of methoxy groups -OCH3 is 1. The molecule has 0 aliphatic rings. The van der Waals surface area contributed by atoms with Gasteiger partial charge in [-0.25, -0.2) is 9.97 Å². The van der Waals surface area contributed by atoms with Crippen molar-refractivity contribution in [2.45, 2.75) is 26.3 Å². The number of nitrogens with zero attached hydrogens (tertiary/aromatic N) is 2. The Hall–Kier alpha value is -2.67. The van der Waals surface area contributed by atoms with E-state index in [0.717, 1.165) is 27.1 Å². The molecule has 0 saturated carbocycles. The zero-order valence-electron chi connectivity index (χ0n) is 15.3. The first-order valence-corrected chi connectivity index (χ1v) is 9.17. The Morgan fingerprint density at radius 1 is 1.19 bits per heavy atom. The number of ether oxygens (including phenoxy) is 1. The maximum atomic E-state index is 12.1. The second-order valence-electron chi connectivity index (χ2n) is 6.93. The fourth-order valence-electron chi connectivity index (χ4n) is 2.62. The van der Waals surface area contributed by atoms with Crippen molar-refractivity contribution in [3.63, 3.8) is 0 Å². The third-order valence-electron chi connectivity index (χ3n) is 3.70. The molecular formula is C19H22N4O2S. The number of aromatic nitrogens is 2. The minimum absolute atomic E-state index is 0.0783. The van der Waals surface area contributed by atoms with Gasteiger partial charge in [-0.1, -0.05) is 12.1 Å². The molecule has 0 spiro atoms. The standard InChI is InChI=1S/C19H22N4O2S/c1-19(2,3)23-15(24)9-20-17-16-14(10-26-18(16)22-11-21-17)12-5-7-13(25-4)8-6-12/h5-8,10-11H,9H2,1-4H3,(H,23,24)(H,20,21,22). The molecule has 0 bridgehead atoms. The lowest BCUT2D eigenvalue weighted by Crippen LogP contribution is -2.43. The summed E-state index contributed by atoms with van der Waals surface area (Å²) in [6.07, 6.45) is 1.51. The van der Waals surface area contributed by atoms with Crippen molar-refractivity contribution >= 4 is 33.3 Å². The highest BCUT2D eigenvalue weighted by atomic mass is 32.1. The fourth-order valence-corrected chi connectivity index (χ4v) is 3.53. The number of rotatable bonds is 5. The van der Waals surface area contributed by atoms with Crippen LogP contribution in [0.5, 0.6) is 5.75 Å². The van der Waals surface area contributed by atoms with Crippen molar-refractivity contribution in [3.8, 4) is 16.9 Å². The van der Waals surface area contributed by atoms with Gasteiger partial charge in [0.1, 0.15) is 22.7 Å². The number of amides is 1. The van der Waals surface area contributed by atoms with Gasteiger partial charge in [-0.3, -0.25) is 4.79 Å². The molecule has 26 heavy (non-hydrogen) atoms. The molecule has 0 aliphatic heterocycles. The molecule has 0 fully saturated rings. The SMILES string of the molecule is COc1ccc(-c2csc3ncnc(NCC(=O)NC(C)(C)C)c23)cc1. The highest BCUT2D eigenvalue weighted by molar-refractivity contribution is 7.17. The van der Waals surface area contributed by atoms with Gasteiger partial charge in [-0.15, -0.1) is 11.3 Å². The van der Waals surface area contributed by atoms with Crippen LogP contribution in [0.1, 0.15) is 20.8 Å². The summed E-state index contributed by atoms with van der Waals surface area (Å²) in [5, 5.41) is 9.06. The Kier molecular flexibility index (Phi) is 5.08. The Morgan fingerprint density at radius 3 is 2.58 bits per heavy atom. The van der Waals surface area contributed by atoms with Gasteiger partial charge in [0.05, 0.1) is 19.0 Å². The molecule has 0 unspecified atom stereocenters. The van der Waals surface area contributed by atoms with Gasteiger partial charge >= 0.3 is 0 Å². The molecule has 2 heterocycles. The molecule has 0 radical (unpaired) electrons. The minimum atomic E-state index is -0.267. The summed E-state index contributed by atoms with van der Waals surface area (Å²) < 4.78 is 5.22. The number of benzene rings is 1. The number of carbonyl (C=O) groups is 1. The molecule has 3 rings (SSSR count). The average molecular weight is 370 g/mol. The number of hydrogen-bond acceptors (Lipinski definition) is 6. The van der Waals surface area contributed by atoms with E-state index in [2.05, 4.69) is 26.0 Å². The van der Waals surface area contributed by atoms with Crippen LogP contribution in [0.4, 0.5) is 5.82 Å². The Bertz CT molecular complexity index is 913. The van der Waals surface area contributed by atoms with E-state index in [1.807, 2.05) is 45.0 Å². The highest BCUT2D eigenvalue weighted by Crippen LogP contribution is 2.36. The molecule has 2 aromatic heterocycles. The van der Waals surface area contributed by atoms with Gasteiger partial charge in [-0.05, 0) is 38.5 Å². The van der Waals surface area contributed by atoms with E-state index in [-0.39, 0.29) is 18.0 Å². The molecule has 2 N–H and O–H groups in total. The minimum Gasteiger partial charge on any atom is -0.497 e. The van der Waals surface area contributed by atoms with Crippen LogP contribution in [0.3, 0.4) is 0 Å². The Balaban J connectivity index is 1.89. The van der Waals surface area contributed by atoms with Crippen LogP contribution in [0, 0.1) is 0 Å². The first-order valence-electron chi connectivity index (χ1n) is 8.29. The number of fused-ring (bicyclic) bond motifs is 1. The third kappa shape index (κ3) is 4.11. The zero-order chi connectivity index (χ0) is 18.7. The lowest BCUT2D eigenvalue weighted by Gasteiger charge is -2.20. The van der Waals surface area contributed by atoms with Gasteiger partial charge in [0.25, 0.3) is 0 Å². The molecule has 1 amide bonds. The summed E-state index contributed by atoms with van der Waals surface area (Å²) in [4.78, 5) is 21.7. The second-order valence-corrected chi connectivity index (χ2v) is 7.79. The van der Waals surface area contributed by atoms with Crippen molar-refractivity contribution in [2.75, 3.05) is 19.0 Å². The van der Waals surface area contributed by atoms with E-state index in [0.29, 0.717) is 5.82 Å². The lowest BCUT2D eigenvalue weighted by molar-refractivity contribution is -0.120. The van der Waals surface area contributed by atoms with Gasteiger partial charge in [0.2, 0.25) is 5.91 Å². The molecule has 0 saturated heterocycles. The summed E-state index contributed by atoms with van der Waals surface area (Å²) in [5.74, 6) is 1.39. The molecule has 0 atom stereocenters. The number of carbonyl (C=O) groups excluding carboxylic acids is 1. The predicted molar refractivity (Wildman–Crippen MR) is 106 cm³/mol. The van der Waals surface area contributed by atoms with Crippen molar-refractivity contribution in [1.82, 2.24) is 15.3 Å². The highest BCUT2D eigenvalue weighted by Gasteiger charge is 2.16. The van der Waals surface area contributed by atoms with Gasteiger partial charge in [-0.2, -0.15) is 0 Å². The van der Waals surface area contributed by atoms with Gasteiger partial charge in [0, 0.05) is 16.5 Å². The van der Waals surface area contributed by atoms with Crippen molar-refractivity contribution in [1.29, 1.82) is 0 Å². The van der Waals surface area contributed by atoms with Gasteiger partial charge in [0.15, 0.2) is 0 Å². The Labute approximate surface area is 156 Å². The maximum absolute atomic E-state index is 12.1. The molecule has 3 aromatic rings. The molecule has 6 nitrogen and oxygen atoms in total. The zero-order valence-corrected chi connectivity index (χ0v) is 16.1. The van der Waals surface area contributed by atoms with E-state index < -0.39 is 0 Å². The van der Waals surface area contributed by atoms with E-state index in [1.165, 1.54) is 6.33 Å². The van der Waals surface area contributed by atoms with Crippen molar-refractivity contribution in [3.05, 3.63) is 36.0 Å². The van der Waals surface area contributed by atoms with Gasteiger partial charge < -0.3 is 15.4 Å². The average Bonchev–Trinajstić information content (AvgIpc) is 3.03. The van der Waals surface area contributed by atoms with Crippen LogP contribution >= 0.6 is 11.3 Å². The monoisotopic (exact) mass is 370 g/mol. The summed E-state index contributed by atoms with van der Waals surface area (Å²) in [6.45, 7) is 6.01. The van der Waals surface area contributed by atoms with E-state index in [1.54, 1.807) is 18.4 Å². The predicted octanol–water partition coefficient (Wildman–Crippen LogP) is 3.69. The number of hydrogen-bond donors (Lipinski definition) is 2. The van der Waals surface area contributed by atoms with Crippen LogP contribution in [0.2, 0.25) is 0 Å². The topological polar surface area (TPSA) is 76.1 Å². The number of thiophene rings is 1. The maximum Gasteiger partial charge on any atom is 0.239 e. The van der Waals surface area contributed by atoms with E-state index in [9.17, 15) is 4.79 Å². The molecule has 0 aliphatic carbocycles. The normalized spacial score (nSPS) is 11.4. The summed E-state index contributed by atoms with van der Waals surface area (Å²) >= 11 is 1.55. The second kappa shape index (κ2) is 7.29. The Morgan fingerprint density at radius 2 is 1.92 bits per heavy atom. The number of nitrogens with one attached hydrogen (secondary N) is 2. The first kappa shape index (κ1) is 18.1.